The van der Waals surface area contributed by atoms with Crippen molar-refractivity contribution < 1.29 is 13.2 Å². The molecular weight excluding hydrogens is 324 g/mol. The van der Waals surface area contributed by atoms with Crippen LogP contribution in [0.15, 0.2) is 18.2 Å². The summed E-state index contributed by atoms with van der Waals surface area (Å²) in [5, 5.41) is 0. The van der Waals surface area contributed by atoms with Crippen molar-refractivity contribution in [2.24, 2.45) is 0 Å². The second kappa shape index (κ2) is 7.13. The highest BCUT2D eigenvalue weighted by atomic mass is 32.2. The lowest BCUT2D eigenvalue weighted by Crippen LogP contribution is -2.42. The first-order chi connectivity index (χ1) is 11.1. The molecular formula is C18H28N2O3S. The summed E-state index contributed by atoms with van der Waals surface area (Å²) in [6, 6.07) is 5.53. The fourth-order valence-corrected chi connectivity index (χ4v) is 4.98. The molecule has 0 radical (unpaired) electrons. The Morgan fingerprint density at radius 1 is 1.12 bits per heavy atom. The van der Waals surface area contributed by atoms with Gasteiger partial charge in [-0.05, 0) is 65.2 Å². The van der Waals surface area contributed by atoms with Crippen LogP contribution in [0.2, 0.25) is 0 Å². The quantitative estimate of drug-likeness (QED) is 0.836. The van der Waals surface area contributed by atoms with Gasteiger partial charge in [0.15, 0.2) is 0 Å². The Morgan fingerprint density at radius 2 is 1.75 bits per heavy atom. The number of hydrogen-bond donors (Lipinski definition) is 0. The molecule has 1 amide bonds. The lowest BCUT2D eigenvalue weighted by atomic mass is 10.1. The summed E-state index contributed by atoms with van der Waals surface area (Å²) in [5.41, 5.74) is 2.05. The highest BCUT2D eigenvalue weighted by molar-refractivity contribution is 7.92. The molecule has 0 atom stereocenters. The van der Waals surface area contributed by atoms with Gasteiger partial charge in [-0.25, -0.2) is 8.42 Å². The molecule has 5 nitrogen and oxygen atoms in total. The predicted molar refractivity (Wildman–Crippen MR) is 98.0 cm³/mol. The van der Waals surface area contributed by atoms with Gasteiger partial charge in [-0.15, -0.1) is 0 Å². The van der Waals surface area contributed by atoms with Crippen LogP contribution in [-0.2, 0) is 10.0 Å². The molecule has 1 aliphatic rings. The van der Waals surface area contributed by atoms with Gasteiger partial charge in [0.2, 0.25) is 10.0 Å². The molecule has 1 aliphatic heterocycles. The van der Waals surface area contributed by atoms with Crippen LogP contribution < -0.4 is 4.31 Å². The van der Waals surface area contributed by atoms with Gasteiger partial charge in [-0.3, -0.25) is 9.10 Å². The SMILES string of the molecule is Cc1ccc(C(=O)N(C(C)C)C(C)C)cc1N1CCCCS1(=O)=O. The maximum atomic E-state index is 12.9. The van der Waals surface area contributed by atoms with E-state index in [4.69, 9.17) is 0 Å². The van der Waals surface area contributed by atoms with Gasteiger partial charge < -0.3 is 4.90 Å². The van der Waals surface area contributed by atoms with Crippen molar-refractivity contribution in [1.82, 2.24) is 4.90 Å². The summed E-state index contributed by atoms with van der Waals surface area (Å²) in [5.74, 6) is 0.116. The minimum Gasteiger partial charge on any atom is -0.334 e. The fraction of sp³-hybridized carbons (Fsp3) is 0.611. The van der Waals surface area contributed by atoms with Crippen molar-refractivity contribution in [3.8, 4) is 0 Å². The average molecular weight is 353 g/mol. The number of rotatable bonds is 4. The molecule has 134 valence electrons. The fourth-order valence-electron chi connectivity index (χ4n) is 3.28. The van der Waals surface area contributed by atoms with Crippen molar-refractivity contribution in [2.45, 2.75) is 59.5 Å². The molecule has 1 heterocycles. The van der Waals surface area contributed by atoms with Crippen LogP contribution in [0.25, 0.3) is 0 Å². The lowest BCUT2D eigenvalue weighted by Gasteiger charge is -2.32. The Morgan fingerprint density at radius 3 is 2.29 bits per heavy atom. The second-order valence-corrected chi connectivity index (χ2v) is 9.01. The van der Waals surface area contributed by atoms with Gasteiger partial charge in [0, 0.05) is 24.2 Å². The van der Waals surface area contributed by atoms with Gasteiger partial charge in [-0.1, -0.05) is 6.07 Å². The van der Waals surface area contributed by atoms with E-state index < -0.39 is 10.0 Å². The van der Waals surface area contributed by atoms with Crippen molar-refractivity contribution in [2.75, 3.05) is 16.6 Å². The van der Waals surface area contributed by atoms with E-state index in [1.807, 2.05) is 45.6 Å². The second-order valence-electron chi connectivity index (χ2n) is 7.00. The van der Waals surface area contributed by atoms with Gasteiger partial charge in [0.05, 0.1) is 11.4 Å². The van der Waals surface area contributed by atoms with Crippen molar-refractivity contribution in [3.63, 3.8) is 0 Å². The number of carbonyl (C=O) groups is 1. The third-order valence-electron chi connectivity index (χ3n) is 4.42. The monoisotopic (exact) mass is 352 g/mol. The van der Waals surface area contributed by atoms with Crippen molar-refractivity contribution in [3.05, 3.63) is 29.3 Å². The molecule has 24 heavy (non-hydrogen) atoms. The zero-order valence-electron chi connectivity index (χ0n) is 15.2. The van der Waals surface area contributed by atoms with E-state index >= 15 is 0 Å². The molecule has 0 N–H and O–H groups in total. The summed E-state index contributed by atoms with van der Waals surface area (Å²) in [6.07, 6.45) is 1.55. The number of amides is 1. The molecule has 1 aromatic carbocycles. The third-order valence-corrected chi connectivity index (χ3v) is 6.28. The summed E-state index contributed by atoms with van der Waals surface area (Å²) < 4.78 is 26.3. The molecule has 1 fully saturated rings. The van der Waals surface area contributed by atoms with Gasteiger partial charge in [0.1, 0.15) is 0 Å². The Labute approximate surface area is 145 Å². The van der Waals surface area contributed by atoms with E-state index in [1.54, 1.807) is 12.1 Å². The number of hydrogen-bond acceptors (Lipinski definition) is 3. The third kappa shape index (κ3) is 3.74. The summed E-state index contributed by atoms with van der Waals surface area (Å²) in [6.45, 7) is 10.3. The first kappa shape index (κ1) is 18.8. The molecule has 0 bridgehead atoms. The van der Waals surface area contributed by atoms with Crippen LogP contribution >= 0.6 is 0 Å². The predicted octanol–water partition coefficient (Wildman–Crippen LogP) is 3.18. The van der Waals surface area contributed by atoms with Crippen LogP contribution in [0.5, 0.6) is 0 Å². The largest absolute Gasteiger partial charge is 0.334 e. The Kier molecular flexibility index (Phi) is 5.58. The van der Waals surface area contributed by atoms with Crippen LogP contribution in [-0.4, -0.2) is 43.6 Å². The molecule has 0 saturated carbocycles. The molecule has 0 unspecified atom stereocenters. The highest BCUT2D eigenvalue weighted by Gasteiger charge is 2.28. The standard InChI is InChI=1S/C18H28N2O3S/c1-13(2)20(14(3)4)18(21)16-9-8-15(5)17(12-16)19-10-6-7-11-24(19,22)23/h8-9,12-14H,6-7,10-11H2,1-5H3. The summed E-state index contributed by atoms with van der Waals surface area (Å²) >= 11 is 0. The highest BCUT2D eigenvalue weighted by Crippen LogP contribution is 2.28. The topological polar surface area (TPSA) is 57.7 Å². The van der Waals surface area contributed by atoms with Gasteiger partial charge in [-0.2, -0.15) is 0 Å². The molecule has 1 saturated heterocycles. The first-order valence-electron chi connectivity index (χ1n) is 8.59. The summed E-state index contributed by atoms with van der Waals surface area (Å²) in [4.78, 5) is 14.7. The van der Waals surface area contributed by atoms with Crippen LogP contribution in [0.3, 0.4) is 0 Å². The Balaban J connectivity index is 2.43. The number of anilines is 1. The van der Waals surface area contributed by atoms with Crippen LogP contribution in [0, 0.1) is 6.92 Å². The number of nitrogens with zero attached hydrogens (tertiary/aromatic N) is 2. The zero-order chi connectivity index (χ0) is 18.1. The van der Waals surface area contributed by atoms with Crippen LogP contribution in [0.4, 0.5) is 5.69 Å². The minimum absolute atomic E-state index is 0.0596. The molecule has 0 aromatic heterocycles. The number of sulfonamides is 1. The van der Waals surface area contributed by atoms with E-state index in [2.05, 4.69) is 0 Å². The molecule has 2 rings (SSSR count). The number of benzene rings is 1. The zero-order valence-corrected chi connectivity index (χ0v) is 16.1. The smallest absolute Gasteiger partial charge is 0.254 e. The van der Waals surface area contributed by atoms with Crippen LogP contribution in [0.1, 0.15) is 56.5 Å². The number of carbonyl (C=O) groups excluding carboxylic acids is 1. The molecule has 0 aliphatic carbocycles. The normalized spacial score (nSPS) is 17.4. The van der Waals surface area contributed by atoms with Gasteiger partial charge in [0.25, 0.3) is 5.91 Å². The average Bonchev–Trinajstić information content (AvgIpc) is 2.47. The van der Waals surface area contributed by atoms with E-state index in [0.29, 0.717) is 24.2 Å². The van der Waals surface area contributed by atoms with E-state index in [9.17, 15) is 13.2 Å². The minimum atomic E-state index is -3.29. The van der Waals surface area contributed by atoms with E-state index in [1.165, 1.54) is 4.31 Å². The van der Waals surface area contributed by atoms with Gasteiger partial charge >= 0.3 is 0 Å². The molecule has 0 spiro atoms. The maximum absolute atomic E-state index is 12.9. The Bertz CT molecular complexity index is 703. The number of aryl methyl sites for hydroxylation is 1. The lowest BCUT2D eigenvalue weighted by molar-refractivity contribution is 0.0643. The summed E-state index contributed by atoms with van der Waals surface area (Å²) in [7, 11) is -3.29. The molecule has 6 heteroatoms. The first-order valence-corrected chi connectivity index (χ1v) is 10.2. The molecule has 1 aromatic rings. The maximum Gasteiger partial charge on any atom is 0.254 e. The van der Waals surface area contributed by atoms with Crippen molar-refractivity contribution in [1.29, 1.82) is 0 Å². The van der Waals surface area contributed by atoms with E-state index in [0.717, 1.165) is 12.0 Å². The van der Waals surface area contributed by atoms with E-state index in [-0.39, 0.29) is 23.7 Å². The van der Waals surface area contributed by atoms with Crippen molar-refractivity contribution >= 4 is 21.6 Å². The Hall–Kier alpha value is -1.56.